The van der Waals surface area contributed by atoms with Gasteiger partial charge in [0.15, 0.2) is 0 Å². The second kappa shape index (κ2) is 2.89. The van der Waals surface area contributed by atoms with E-state index in [0.29, 0.717) is 11.5 Å². The summed E-state index contributed by atoms with van der Waals surface area (Å²) in [5, 5.41) is 3.43. The van der Waals surface area contributed by atoms with Gasteiger partial charge in [-0.05, 0) is 5.41 Å². The molecule has 0 saturated carbocycles. The Morgan fingerprint density at radius 3 is 2.30 bits per heavy atom. The van der Waals surface area contributed by atoms with E-state index in [4.69, 9.17) is 4.74 Å². The maximum absolute atomic E-state index is 5.04. The van der Waals surface area contributed by atoms with Crippen LogP contribution in [0.3, 0.4) is 0 Å². The first kappa shape index (κ1) is 8.02. The number of hydrogen-bond donors (Lipinski definition) is 1. The van der Waals surface area contributed by atoms with Crippen LogP contribution in [0.25, 0.3) is 0 Å². The highest BCUT2D eigenvalue weighted by molar-refractivity contribution is 4.76. The molecule has 2 nitrogen and oxygen atoms in total. The van der Waals surface area contributed by atoms with Crippen LogP contribution < -0.4 is 5.32 Å². The fourth-order valence-electron chi connectivity index (χ4n) is 0.804. The summed E-state index contributed by atoms with van der Waals surface area (Å²) in [5.74, 6) is 0. The quantitative estimate of drug-likeness (QED) is 0.623. The second-order valence-corrected chi connectivity index (χ2v) is 4.18. The van der Waals surface area contributed by atoms with Crippen LogP contribution in [0, 0.1) is 5.41 Å². The molecule has 0 unspecified atom stereocenters. The zero-order chi connectivity index (χ0) is 7.61. The molecule has 60 valence electrons. The molecule has 0 bridgehead atoms. The van der Waals surface area contributed by atoms with E-state index in [1.807, 2.05) is 0 Å². The number of nitrogens with one attached hydrogen (secondary N) is 1. The second-order valence-electron chi connectivity index (χ2n) is 4.18. The Hall–Kier alpha value is -0.0800. The Labute approximate surface area is 63.0 Å². The van der Waals surface area contributed by atoms with Crippen LogP contribution in [0.4, 0.5) is 0 Å². The summed E-state index contributed by atoms with van der Waals surface area (Å²) in [4.78, 5) is 0. The maximum atomic E-state index is 5.04. The molecule has 0 radical (unpaired) electrons. The Balaban J connectivity index is 2.04. The first-order valence-corrected chi connectivity index (χ1v) is 3.89. The Morgan fingerprint density at radius 2 is 2.00 bits per heavy atom. The Kier molecular flexibility index (Phi) is 2.32. The topological polar surface area (TPSA) is 21.3 Å². The van der Waals surface area contributed by atoms with Gasteiger partial charge in [-0.25, -0.2) is 0 Å². The summed E-state index contributed by atoms with van der Waals surface area (Å²) in [7, 11) is 0. The fraction of sp³-hybridized carbons (Fsp3) is 1.00. The van der Waals surface area contributed by atoms with E-state index in [0.717, 1.165) is 19.8 Å². The largest absolute Gasteiger partial charge is 0.378 e. The predicted octanol–water partition coefficient (Wildman–Crippen LogP) is 1.02. The summed E-state index contributed by atoms with van der Waals surface area (Å²) in [6.07, 6.45) is 0. The number of ether oxygens (including phenoxy) is 1. The molecule has 0 aliphatic carbocycles. The lowest BCUT2D eigenvalue weighted by Gasteiger charge is -2.30. The molecule has 0 atom stereocenters. The van der Waals surface area contributed by atoms with Gasteiger partial charge in [-0.2, -0.15) is 0 Å². The smallest absolute Gasteiger partial charge is 0.0643 e. The third-order valence-electron chi connectivity index (χ3n) is 1.56. The monoisotopic (exact) mass is 143 g/mol. The van der Waals surface area contributed by atoms with Crippen LogP contribution in [0.2, 0.25) is 0 Å². The van der Waals surface area contributed by atoms with Crippen LogP contribution in [0.1, 0.15) is 20.8 Å². The minimum absolute atomic E-state index is 0.398. The molecule has 1 N–H and O–H groups in total. The molecule has 1 aliphatic heterocycles. The highest BCUT2D eigenvalue weighted by Gasteiger charge is 2.19. The van der Waals surface area contributed by atoms with Crippen LogP contribution in [-0.2, 0) is 4.74 Å². The van der Waals surface area contributed by atoms with E-state index in [2.05, 4.69) is 26.1 Å². The summed E-state index contributed by atoms with van der Waals surface area (Å²) in [5.41, 5.74) is 0.398. The average molecular weight is 143 g/mol. The summed E-state index contributed by atoms with van der Waals surface area (Å²) in [6, 6.07) is 0.624. The van der Waals surface area contributed by atoms with Crippen LogP contribution in [-0.4, -0.2) is 25.8 Å². The van der Waals surface area contributed by atoms with E-state index in [1.54, 1.807) is 0 Å². The number of rotatable bonds is 2. The molecular formula is C8H17NO. The molecule has 0 aromatic rings. The summed E-state index contributed by atoms with van der Waals surface area (Å²) in [6.45, 7) is 9.59. The van der Waals surface area contributed by atoms with Gasteiger partial charge in [0.05, 0.1) is 19.3 Å². The summed E-state index contributed by atoms with van der Waals surface area (Å²) >= 11 is 0. The van der Waals surface area contributed by atoms with E-state index in [9.17, 15) is 0 Å². The summed E-state index contributed by atoms with van der Waals surface area (Å²) < 4.78 is 5.04. The molecule has 0 aromatic carbocycles. The zero-order valence-electron chi connectivity index (χ0n) is 7.11. The molecular weight excluding hydrogens is 126 g/mol. The van der Waals surface area contributed by atoms with Crippen molar-refractivity contribution in [2.24, 2.45) is 5.41 Å². The van der Waals surface area contributed by atoms with Crippen molar-refractivity contribution in [3.8, 4) is 0 Å². The van der Waals surface area contributed by atoms with Gasteiger partial charge in [-0.3, -0.25) is 0 Å². The molecule has 0 spiro atoms. The van der Waals surface area contributed by atoms with Crippen molar-refractivity contribution in [1.29, 1.82) is 0 Å². The highest BCUT2D eigenvalue weighted by atomic mass is 16.5. The SMILES string of the molecule is CC(C)(C)CNC1COC1. The lowest BCUT2D eigenvalue weighted by Crippen LogP contribution is -2.48. The van der Waals surface area contributed by atoms with Gasteiger partial charge in [0, 0.05) is 6.54 Å². The molecule has 10 heavy (non-hydrogen) atoms. The van der Waals surface area contributed by atoms with Gasteiger partial charge >= 0.3 is 0 Å². The lowest BCUT2D eigenvalue weighted by molar-refractivity contribution is -0.00804. The van der Waals surface area contributed by atoms with Crippen molar-refractivity contribution in [1.82, 2.24) is 5.32 Å². The van der Waals surface area contributed by atoms with Crippen molar-refractivity contribution in [3.05, 3.63) is 0 Å². The molecule has 1 fully saturated rings. The van der Waals surface area contributed by atoms with Crippen molar-refractivity contribution >= 4 is 0 Å². The van der Waals surface area contributed by atoms with E-state index in [1.165, 1.54) is 0 Å². The maximum Gasteiger partial charge on any atom is 0.0643 e. The molecule has 1 aliphatic rings. The third kappa shape index (κ3) is 2.67. The van der Waals surface area contributed by atoms with Crippen LogP contribution >= 0.6 is 0 Å². The lowest BCUT2D eigenvalue weighted by atomic mass is 9.96. The van der Waals surface area contributed by atoms with Gasteiger partial charge in [-0.1, -0.05) is 20.8 Å². The Morgan fingerprint density at radius 1 is 1.40 bits per heavy atom. The zero-order valence-corrected chi connectivity index (χ0v) is 7.11. The van der Waals surface area contributed by atoms with Gasteiger partial charge < -0.3 is 10.1 Å². The molecule has 0 amide bonds. The standard InChI is InChI=1S/C8H17NO/c1-8(2,3)6-9-7-4-10-5-7/h7,9H,4-6H2,1-3H3. The fourth-order valence-corrected chi connectivity index (χ4v) is 0.804. The van der Waals surface area contributed by atoms with Gasteiger partial charge in [-0.15, -0.1) is 0 Å². The van der Waals surface area contributed by atoms with E-state index < -0.39 is 0 Å². The minimum atomic E-state index is 0.398. The normalized spacial score (nSPS) is 20.7. The minimum Gasteiger partial charge on any atom is -0.378 e. The van der Waals surface area contributed by atoms with Crippen LogP contribution in [0.15, 0.2) is 0 Å². The first-order valence-electron chi connectivity index (χ1n) is 3.89. The van der Waals surface area contributed by atoms with E-state index >= 15 is 0 Å². The van der Waals surface area contributed by atoms with Crippen LogP contribution in [0.5, 0.6) is 0 Å². The molecule has 1 rings (SSSR count). The molecule has 1 saturated heterocycles. The number of hydrogen-bond acceptors (Lipinski definition) is 2. The average Bonchev–Trinajstić information content (AvgIpc) is 1.56. The van der Waals surface area contributed by atoms with Crippen molar-refractivity contribution < 1.29 is 4.74 Å². The van der Waals surface area contributed by atoms with Crippen molar-refractivity contribution in [2.45, 2.75) is 26.8 Å². The molecule has 0 aromatic heterocycles. The molecule has 2 heteroatoms. The highest BCUT2D eigenvalue weighted by Crippen LogP contribution is 2.11. The van der Waals surface area contributed by atoms with Crippen molar-refractivity contribution in [2.75, 3.05) is 19.8 Å². The van der Waals surface area contributed by atoms with Gasteiger partial charge in [0.25, 0.3) is 0 Å². The van der Waals surface area contributed by atoms with Gasteiger partial charge in [0.1, 0.15) is 0 Å². The molecule has 1 heterocycles. The van der Waals surface area contributed by atoms with Gasteiger partial charge in [0.2, 0.25) is 0 Å². The van der Waals surface area contributed by atoms with Crippen molar-refractivity contribution in [3.63, 3.8) is 0 Å². The van der Waals surface area contributed by atoms with E-state index in [-0.39, 0.29) is 0 Å². The Bertz CT molecular complexity index is 102. The first-order chi connectivity index (χ1) is 4.58. The third-order valence-corrected chi connectivity index (χ3v) is 1.56. The predicted molar refractivity (Wildman–Crippen MR) is 42.1 cm³/mol.